The molecular formula is C14H21N3O3. The Balaban J connectivity index is 1.80. The predicted molar refractivity (Wildman–Crippen MR) is 72.2 cm³/mol. The van der Waals surface area contributed by atoms with Crippen LogP contribution >= 0.6 is 0 Å². The van der Waals surface area contributed by atoms with E-state index in [4.69, 9.17) is 9.26 Å². The highest BCUT2D eigenvalue weighted by Gasteiger charge is 2.51. The molecular weight excluding hydrogens is 258 g/mol. The molecule has 110 valence electrons. The summed E-state index contributed by atoms with van der Waals surface area (Å²) < 4.78 is 10.1. The van der Waals surface area contributed by atoms with Crippen LogP contribution in [0.1, 0.15) is 30.1 Å². The maximum absolute atomic E-state index is 12.7. The van der Waals surface area contributed by atoms with Crippen molar-refractivity contribution >= 4 is 5.91 Å². The third-order valence-corrected chi connectivity index (χ3v) is 4.67. The molecule has 1 N–H and O–H groups in total. The van der Waals surface area contributed by atoms with Crippen LogP contribution in [0.2, 0.25) is 0 Å². The number of rotatable bonds is 3. The third-order valence-electron chi connectivity index (χ3n) is 4.67. The van der Waals surface area contributed by atoms with Gasteiger partial charge in [-0.25, -0.2) is 0 Å². The fraction of sp³-hybridized carbons (Fsp3) is 0.714. The Hall–Kier alpha value is -1.40. The van der Waals surface area contributed by atoms with Crippen molar-refractivity contribution < 1.29 is 14.1 Å². The number of likely N-dealkylation sites (tertiary alicyclic amines) is 1. The summed E-state index contributed by atoms with van der Waals surface area (Å²) in [6.07, 6.45) is 0. The van der Waals surface area contributed by atoms with Gasteiger partial charge in [0, 0.05) is 38.3 Å². The maximum Gasteiger partial charge on any atom is 0.276 e. The molecule has 2 fully saturated rings. The van der Waals surface area contributed by atoms with Crippen LogP contribution in [0.4, 0.5) is 0 Å². The molecule has 0 bridgehead atoms. The lowest BCUT2D eigenvalue weighted by molar-refractivity contribution is 0.0592. The summed E-state index contributed by atoms with van der Waals surface area (Å²) in [7, 11) is 1.59. The molecule has 2 aliphatic heterocycles. The fourth-order valence-corrected chi connectivity index (χ4v) is 3.53. The van der Waals surface area contributed by atoms with Crippen LogP contribution < -0.4 is 5.32 Å². The van der Waals surface area contributed by atoms with Gasteiger partial charge >= 0.3 is 0 Å². The normalized spacial score (nSPS) is 27.9. The van der Waals surface area contributed by atoms with E-state index in [1.54, 1.807) is 13.2 Å². The minimum atomic E-state index is -0.147. The second-order valence-corrected chi connectivity index (χ2v) is 6.21. The van der Waals surface area contributed by atoms with Crippen molar-refractivity contribution in [3.63, 3.8) is 0 Å². The topological polar surface area (TPSA) is 67.6 Å². The largest absolute Gasteiger partial charge is 0.377 e. The molecule has 6 heteroatoms. The highest BCUT2D eigenvalue weighted by molar-refractivity contribution is 5.93. The lowest BCUT2D eigenvalue weighted by Crippen LogP contribution is -2.47. The van der Waals surface area contributed by atoms with Crippen molar-refractivity contribution in [1.29, 1.82) is 0 Å². The maximum atomic E-state index is 12.7. The van der Waals surface area contributed by atoms with Crippen LogP contribution in [0, 0.1) is 11.8 Å². The van der Waals surface area contributed by atoms with Crippen molar-refractivity contribution in [2.24, 2.45) is 11.8 Å². The Morgan fingerprint density at radius 1 is 1.60 bits per heavy atom. The van der Waals surface area contributed by atoms with Gasteiger partial charge in [0.25, 0.3) is 5.91 Å². The number of methoxy groups -OCH3 is 1. The molecule has 2 unspecified atom stereocenters. The zero-order chi connectivity index (χ0) is 14.3. The monoisotopic (exact) mass is 279 g/mol. The molecule has 0 saturated carbocycles. The lowest BCUT2D eigenvalue weighted by atomic mass is 9.85. The first-order valence-corrected chi connectivity index (χ1v) is 7.01. The van der Waals surface area contributed by atoms with Gasteiger partial charge in [-0.15, -0.1) is 0 Å². The summed E-state index contributed by atoms with van der Waals surface area (Å²) in [5.74, 6) is 1.58. The van der Waals surface area contributed by atoms with Crippen LogP contribution in [0.25, 0.3) is 0 Å². The molecule has 3 rings (SSSR count). The van der Waals surface area contributed by atoms with E-state index < -0.39 is 0 Å². The van der Waals surface area contributed by atoms with Crippen LogP contribution in [0.5, 0.6) is 0 Å². The number of aromatic nitrogens is 1. The quantitative estimate of drug-likeness (QED) is 0.890. The zero-order valence-electron chi connectivity index (χ0n) is 12.2. The second-order valence-electron chi connectivity index (χ2n) is 6.21. The van der Waals surface area contributed by atoms with Gasteiger partial charge in [-0.1, -0.05) is 5.16 Å². The number of fused-ring (bicyclic) bond motifs is 1. The second kappa shape index (κ2) is 4.86. The Morgan fingerprint density at radius 3 is 3.10 bits per heavy atom. The van der Waals surface area contributed by atoms with Gasteiger partial charge < -0.3 is 19.5 Å². The van der Waals surface area contributed by atoms with Gasteiger partial charge in [0.2, 0.25) is 0 Å². The molecule has 1 aromatic rings. The van der Waals surface area contributed by atoms with Crippen LogP contribution in [-0.4, -0.2) is 48.2 Å². The SMILES string of the molecule is COCc1cc(C(=O)N2CC3CNCC3C2(C)C)no1. The van der Waals surface area contributed by atoms with Crippen LogP contribution in [-0.2, 0) is 11.3 Å². The van der Waals surface area contributed by atoms with Crippen molar-refractivity contribution in [3.05, 3.63) is 17.5 Å². The highest BCUT2D eigenvalue weighted by Crippen LogP contribution is 2.41. The number of carbonyl (C=O) groups excluding carboxylic acids is 1. The van der Waals surface area contributed by atoms with Gasteiger partial charge in [-0.3, -0.25) is 4.79 Å². The molecule has 20 heavy (non-hydrogen) atoms. The smallest absolute Gasteiger partial charge is 0.276 e. The van der Waals surface area contributed by atoms with Gasteiger partial charge in [0.15, 0.2) is 11.5 Å². The standard InChI is InChI=1S/C14H21N3O3/c1-14(2)11-6-15-5-9(11)7-17(14)13(18)12-4-10(8-19-3)20-16-12/h4,9,11,15H,5-8H2,1-3H3. The summed E-state index contributed by atoms with van der Waals surface area (Å²) in [6, 6.07) is 1.67. The summed E-state index contributed by atoms with van der Waals surface area (Å²) in [5, 5.41) is 7.29. The summed E-state index contributed by atoms with van der Waals surface area (Å²) in [6.45, 7) is 7.37. The summed E-state index contributed by atoms with van der Waals surface area (Å²) >= 11 is 0. The minimum Gasteiger partial charge on any atom is -0.377 e. The first kappa shape index (κ1) is 13.6. The van der Waals surface area contributed by atoms with E-state index in [0.717, 1.165) is 19.6 Å². The molecule has 0 spiro atoms. The first-order valence-electron chi connectivity index (χ1n) is 7.01. The molecule has 0 radical (unpaired) electrons. The number of nitrogens with one attached hydrogen (secondary N) is 1. The molecule has 3 heterocycles. The molecule has 0 aliphatic carbocycles. The van der Waals surface area contributed by atoms with Gasteiger partial charge in [0.1, 0.15) is 6.61 Å². The molecule has 0 aromatic carbocycles. The minimum absolute atomic E-state index is 0.0458. The van der Waals surface area contributed by atoms with E-state index in [1.165, 1.54) is 0 Å². The number of hydrogen-bond acceptors (Lipinski definition) is 5. The van der Waals surface area contributed by atoms with E-state index in [-0.39, 0.29) is 11.4 Å². The zero-order valence-corrected chi connectivity index (χ0v) is 12.2. The third kappa shape index (κ3) is 2.03. The predicted octanol–water partition coefficient (Wildman–Crippen LogP) is 0.891. The van der Waals surface area contributed by atoms with Crippen molar-refractivity contribution in [1.82, 2.24) is 15.4 Å². The van der Waals surface area contributed by atoms with Gasteiger partial charge in [-0.05, 0) is 25.7 Å². The molecule has 2 saturated heterocycles. The number of amides is 1. The van der Waals surface area contributed by atoms with Crippen LogP contribution in [0.15, 0.2) is 10.6 Å². The Kier molecular flexibility index (Phi) is 3.30. The fourth-order valence-electron chi connectivity index (χ4n) is 3.53. The summed E-state index contributed by atoms with van der Waals surface area (Å²) in [4.78, 5) is 14.6. The van der Waals surface area contributed by atoms with Crippen molar-refractivity contribution in [3.8, 4) is 0 Å². The highest BCUT2D eigenvalue weighted by atomic mass is 16.5. The van der Waals surface area contributed by atoms with Gasteiger partial charge in [0.05, 0.1) is 0 Å². The van der Waals surface area contributed by atoms with E-state index in [2.05, 4.69) is 24.3 Å². The van der Waals surface area contributed by atoms with E-state index in [9.17, 15) is 4.79 Å². The van der Waals surface area contributed by atoms with Crippen LogP contribution in [0.3, 0.4) is 0 Å². The number of hydrogen-bond donors (Lipinski definition) is 1. The van der Waals surface area contributed by atoms with E-state index in [1.807, 2.05) is 4.90 Å². The van der Waals surface area contributed by atoms with Crippen molar-refractivity contribution in [2.75, 3.05) is 26.7 Å². The average molecular weight is 279 g/mol. The molecule has 2 atom stereocenters. The number of ether oxygens (including phenoxy) is 1. The summed E-state index contributed by atoms with van der Waals surface area (Å²) in [5.41, 5.74) is 0.226. The Morgan fingerprint density at radius 2 is 2.40 bits per heavy atom. The Bertz CT molecular complexity index is 512. The van der Waals surface area contributed by atoms with Gasteiger partial charge in [-0.2, -0.15) is 0 Å². The lowest BCUT2D eigenvalue weighted by Gasteiger charge is -2.35. The number of carbonyl (C=O) groups is 1. The van der Waals surface area contributed by atoms with E-state index in [0.29, 0.717) is 29.9 Å². The van der Waals surface area contributed by atoms with Crippen molar-refractivity contribution in [2.45, 2.75) is 26.0 Å². The average Bonchev–Trinajstić information content (AvgIpc) is 3.07. The van der Waals surface area contributed by atoms with E-state index >= 15 is 0 Å². The molecule has 1 amide bonds. The Labute approximate surface area is 118 Å². The molecule has 6 nitrogen and oxygen atoms in total. The number of nitrogens with zero attached hydrogens (tertiary/aromatic N) is 2. The molecule has 1 aromatic heterocycles. The molecule has 2 aliphatic rings. The first-order chi connectivity index (χ1) is 9.54.